The van der Waals surface area contributed by atoms with Crippen molar-refractivity contribution in [1.82, 2.24) is 4.98 Å². The lowest BCUT2D eigenvalue weighted by Crippen LogP contribution is -2.30. The van der Waals surface area contributed by atoms with Crippen LogP contribution in [-0.4, -0.2) is 11.0 Å². The lowest BCUT2D eigenvalue weighted by Gasteiger charge is -2.27. The molecule has 1 saturated carbocycles. The summed E-state index contributed by atoms with van der Waals surface area (Å²) in [5.41, 5.74) is 6.03. The molecule has 0 radical (unpaired) electrons. The summed E-state index contributed by atoms with van der Waals surface area (Å²) in [6.45, 7) is 4.63. The third-order valence-electron chi connectivity index (χ3n) is 3.08. The van der Waals surface area contributed by atoms with Gasteiger partial charge in [0.25, 0.3) is 0 Å². The summed E-state index contributed by atoms with van der Waals surface area (Å²) in [5, 5.41) is 5.22. The number of aromatic nitrogens is 1. The lowest BCUT2D eigenvalue weighted by atomic mass is 9.87. The minimum atomic E-state index is 0.389. The Balaban J connectivity index is 2.04. The highest BCUT2D eigenvalue weighted by Gasteiger charge is 2.34. The molecule has 1 aliphatic rings. The fraction of sp³-hybridized carbons (Fsp3) is 0.700. The topological polar surface area (TPSA) is 50.9 Å². The van der Waals surface area contributed by atoms with Crippen LogP contribution in [0.4, 0.5) is 10.1 Å². The normalized spacial score (nSPS) is 25.1. The molecule has 3 N–H and O–H groups in total. The van der Waals surface area contributed by atoms with Gasteiger partial charge < -0.3 is 11.1 Å². The van der Waals surface area contributed by atoms with E-state index < -0.39 is 0 Å². The van der Waals surface area contributed by atoms with Crippen molar-refractivity contribution in [3.63, 3.8) is 0 Å². The van der Waals surface area contributed by atoms with Crippen LogP contribution in [0.25, 0.3) is 0 Å². The molecule has 1 heterocycles. The second-order valence-corrected chi connectivity index (χ2v) is 5.71. The number of hydrogen-bond donors (Lipinski definition) is 2. The number of nitrogens with one attached hydrogen (secondary N) is 1. The summed E-state index contributed by atoms with van der Waals surface area (Å²) in [6.07, 6.45) is 5.57. The van der Waals surface area contributed by atoms with E-state index in [1.807, 2.05) is 0 Å². The Labute approximate surface area is 88.7 Å². The zero-order valence-corrected chi connectivity index (χ0v) is 9.53. The first-order chi connectivity index (χ1) is 6.58. The van der Waals surface area contributed by atoms with Crippen LogP contribution in [0, 0.1) is 5.41 Å². The zero-order chi connectivity index (χ0) is 10.2. The van der Waals surface area contributed by atoms with Gasteiger partial charge in [-0.05, 0) is 18.3 Å². The Morgan fingerprint density at radius 1 is 1.64 bits per heavy atom. The molecule has 0 saturated heterocycles. The Bertz CT molecular complexity index is 319. The Morgan fingerprint density at radius 3 is 2.93 bits per heavy atom. The second kappa shape index (κ2) is 3.42. The highest BCUT2D eigenvalue weighted by Crippen LogP contribution is 2.39. The quantitative estimate of drug-likeness (QED) is 0.790. The number of nitrogen functional groups attached to an aromatic ring is 1. The molecule has 1 fully saturated rings. The van der Waals surface area contributed by atoms with E-state index in [0.717, 1.165) is 10.1 Å². The highest BCUT2D eigenvalue weighted by molar-refractivity contribution is 7.19. The van der Waals surface area contributed by atoms with Crippen molar-refractivity contribution in [2.45, 2.75) is 39.2 Å². The molecule has 2 rings (SSSR count). The van der Waals surface area contributed by atoms with Crippen molar-refractivity contribution in [2.75, 3.05) is 11.1 Å². The molecule has 0 amide bonds. The Kier molecular flexibility index (Phi) is 2.39. The standard InChI is InChI=1S/C10H17N3S/c1-10(2)5-3-4-7(10)13-9-12-6-8(11)14-9/h6-7H,3-5,11H2,1-2H3,(H,12,13). The molecule has 1 aromatic rings. The van der Waals surface area contributed by atoms with Gasteiger partial charge in [-0.3, -0.25) is 0 Å². The number of nitrogens with zero attached hydrogens (tertiary/aromatic N) is 1. The van der Waals surface area contributed by atoms with E-state index in [9.17, 15) is 0 Å². The summed E-state index contributed by atoms with van der Waals surface area (Å²) < 4.78 is 0. The van der Waals surface area contributed by atoms with Crippen molar-refractivity contribution >= 4 is 21.5 Å². The molecular formula is C10H17N3S. The number of nitrogens with two attached hydrogens (primary N) is 1. The van der Waals surface area contributed by atoms with Gasteiger partial charge in [0, 0.05) is 6.04 Å². The molecule has 0 bridgehead atoms. The van der Waals surface area contributed by atoms with E-state index in [2.05, 4.69) is 24.1 Å². The maximum absolute atomic E-state index is 5.64. The van der Waals surface area contributed by atoms with E-state index in [4.69, 9.17) is 5.73 Å². The molecule has 0 spiro atoms. The molecule has 78 valence electrons. The van der Waals surface area contributed by atoms with Gasteiger partial charge >= 0.3 is 0 Å². The van der Waals surface area contributed by atoms with Gasteiger partial charge in [0.1, 0.15) is 5.00 Å². The molecule has 14 heavy (non-hydrogen) atoms. The Morgan fingerprint density at radius 2 is 2.43 bits per heavy atom. The van der Waals surface area contributed by atoms with E-state index >= 15 is 0 Å². The van der Waals surface area contributed by atoms with Crippen LogP contribution in [-0.2, 0) is 0 Å². The zero-order valence-electron chi connectivity index (χ0n) is 8.71. The average molecular weight is 211 g/mol. The molecule has 1 unspecified atom stereocenters. The van der Waals surface area contributed by atoms with Crippen LogP contribution in [0.15, 0.2) is 6.20 Å². The molecule has 1 aliphatic carbocycles. The van der Waals surface area contributed by atoms with Crippen molar-refractivity contribution in [3.8, 4) is 0 Å². The summed E-state index contributed by atoms with van der Waals surface area (Å²) in [4.78, 5) is 4.23. The monoisotopic (exact) mass is 211 g/mol. The van der Waals surface area contributed by atoms with Crippen LogP contribution in [0.3, 0.4) is 0 Å². The largest absolute Gasteiger partial charge is 0.389 e. The second-order valence-electron chi connectivity index (χ2n) is 4.65. The number of rotatable bonds is 2. The molecule has 3 nitrogen and oxygen atoms in total. The third-order valence-corrected chi connectivity index (χ3v) is 3.84. The highest BCUT2D eigenvalue weighted by atomic mass is 32.1. The predicted molar refractivity (Wildman–Crippen MR) is 61.6 cm³/mol. The van der Waals surface area contributed by atoms with Gasteiger partial charge in [-0.2, -0.15) is 0 Å². The summed E-state index contributed by atoms with van der Waals surface area (Å²) >= 11 is 1.53. The van der Waals surface area contributed by atoms with E-state index in [0.29, 0.717) is 11.5 Å². The first kappa shape index (κ1) is 9.77. The van der Waals surface area contributed by atoms with Crippen LogP contribution in [0.5, 0.6) is 0 Å². The molecule has 1 aromatic heterocycles. The van der Waals surface area contributed by atoms with Gasteiger partial charge in [-0.1, -0.05) is 31.6 Å². The minimum absolute atomic E-state index is 0.389. The van der Waals surface area contributed by atoms with Gasteiger partial charge in [-0.15, -0.1) is 0 Å². The van der Waals surface area contributed by atoms with Gasteiger partial charge in [0.05, 0.1) is 6.20 Å². The number of hydrogen-bond acceptors (Lipinski definition) is 4. The van der Waals surface area contributed by atoms with Crippen molar-refractivity contribution in [3.05, 3.63) is 6.20 Å². The summed E-state index contributed by atoms with van der Waals surface area (Å²) in [6, 6.07) is 0.549. The third kappa shape index (κ3) is 1.85. The van der Waals surface area contributed by atoms with Crippen molar-refractivity contribution in [2.24, 2.45) is 5.41 Å². The van der Waals surface area contributed by atoms with Crippen molar-refractivity contribution < 1.29 is 0 Å². The molecule has 4 heteroatoms. The first-order valence-electron chi connectivity index (χ1n) is 5.06. The van der Waals surface area contributed by atoms with Crippen molar-refractivity contribution in [1.29, 1.82) is 0 Å². The maximum Gasteiger partial charge on any atom is 0.184 e. The fourth-order valence-electron chi connectivity index (χ4n) is 2.10. The van der Waals surface area contributed by atoms with Crippen LogP contribution in [0.1, 0.15) is 33.1 Å². The van der Waals surface area contributed by atoms with E-state index in [-0.39, 0.29) is 0 Å². The van der Waals surface area contributed by atoms with Crippen LogP contribution >= 0.6 is 11.3 Å². The summed E-state index contributed by atoms with van der Waals surface area (Å²) in [7, 11) is 0. The number of thiazole rings is 1. The maximum atomic E-state index is 5.64. The lowest BCUT2D eigenvalue weighted by molar-refractivity contribution is 0.350. The van der Waals surface area contributed by atoms with Crippen LogP contribution in [0.2, 0.25) is 0 Å². The molecule has 0 aliphatic heterocycles. The number of anilines is 2. The first-order valence-corrected chi connectivity index (χ1v) is 5.87. The summed E-state index contributed by atoms with van der Waals surface area (Å²) in [5.74, 6) is 0. The average Bonchev–Trinajstić information content (AvgIpc) is 2.61. The van der Waals surface area contributed by atoms with Gasteiger partial charge in [0.2, 0.25) is 0 Å². The van der Waals surface area contributed by atoms with E-state index in [1.165, 1.54) is 30.6 Å². The SMILES string of the molecule is CC1(C)CCCC1Nc1ncc(N)s1. The smallest absolute Gasteiger partial charge is 0.184 e. The van der Waals surface area contributed by atoms with E-state index in [1.54, 1.807) is 6.20 Å². The van der Waals surface area contributed by atoms with Crippen LogP contribution < -0.4 is 11.1 Å². The predicted octanol–water partition coefficient (Wildman–Crippen LogP) is 2.72. The minimum Gasteiger partial charge on any atom is -0.389 e. The van der Waals surface area contributed by atoms with Gasteiger partial charge in [0.15, 0.2) is 5.13 Å². The fourth-order valence-corrected chi connectivity index (χ4v) is 2.73. The van der Waals surface area contributed by atoms with Gasteiger partial charge in [-0.25, -0.2) is 4.98 Å². The Hall–Kier alpha value is -0.770. The molecule has 0 aromatic carbocycles. The molecule has 1 atom stereocenters. The molecular weight excluding hydrogens is 194 g/mol.